The average molecular weight is 648 g/mol. The number of rotatable bonds is 8. The molecule has 3 aromatic heterocycles. The summed E-state index contributed by atoms with van der Waals surface area (Å²) in [6, 6.07) is 6.31. The van der Waals surface area contributed by atoms with E-state index in [9.17, 15) is 10.1 Å². The number of nitrogens with zero attached hydrogens (tertiary/aromatic N) is 9. The second-order valence-corrected chi connectivity index (χ2v) is 14.6. The van der Waals surface area contributed by atoms with Crippen LogP contribution in [-0.2, 0) is 15.3 Å². The van der Waals surface area contributed by atoms with Crippen LogP contribution >= 0.6 is 23.1 Å². The molecule has 0 radical (unpaired) electrons. The Morgan fingerprint density at radius 3 is 2.82 bits per heavy atom. The summed E-state index contributed by atoms with van der Waals surface area (Å²) in [7, 11) is 1.87. The molecule has 3 fully saturated rings. The van der Waals surface area contributed by atoms with E-state index in [-0.39, 0.29) is 34.8 Å². The van der Waals surface area contributed by atoms with Gasteiger partial charge in [0.2, 0.25) is 17.8 Å². The highest BCUT2D eigenvalue weighted by Crippen LogP contribution is 2.57. The Morgan fingerprint density at radius 1 is 1.24 bits per heavy atom. The van der Waals surface area contributed by atoms with Gasteiger partial charge in [-0.1, -0.05) is 6.07 Å². The third-order valence-corrected chi connectivity index (χ3v) is 12.3. The molecule has 13 nitrogen and oxygen atoms in total. The third kappa shape index (κ3) is 4.99. The van der Waals surface area contributed by atoms with Gasteiger partial charge in [0, 0.05) is 73.8 Å². The Bertz CT molecular complexity index is 1670. The van der Waals surface area contributed by atoms with Gasteiger partial charge in [-0.05, 0) is 32.8 Å². The van der Waals surface area contributed by atoms with Crippen LogP contribution < -0.4 is 26.0 Å². The third-order valence-electron chi connectivity index (χ3n) is 9.61. The summed E-state index contributed by atoms with van der Waals surface area (Å²) in [6.07, 6.45) is 3.39. The summed E-state index contributed by atoms with van der Waals surface area (Å²) in [4.78, 5) is 41.0. The molecule has 0 saturated carbocycles. The van der Waals surface area contributed by atoms with Gasteiger partial charge in [0.1, 0.15) is 23.5 Å². The predicted molar refractivity (Wildman–Crippen MR) is 175 cm³/mol. The number of aromatic nitrogens is 4. The van der Waals surface area contributed by atoms with Gasteiger partial charge in [-0.25, -0.2) is 4.98 Å². The van der Waals surface area contributed by atoms with Crippen LogP contribution in [0.5, 0.6) is 6.01 Å². The van der Waals surface area contributed by atoms with Crippen LogP contribution in [0, 0.1) is 11.3 Å². The number of nitrogens with two attached hydrogens (primary N) is 2. The molecule has 45 heavy (non-hydrogen) atoms. The zero-order valence-electron chi connectivity index (χ0n) is 25.6. The molecule has 1 amide bonds. The molecule has 236 valence electrons. The first kappa shape index (κ1) is 29.8. The zero-order chi connectivity index (χ0) is 31.5. The summed E-state index contributed by atoms with van der Waals surface area (Å²) < 4.78 is 6.12. The first-order valence-electron chi connectivity index (χ1n) is 15.3. The summed E-state index contributed by atoms with van der Waals surface area (Å²) in [5.41, 5.74) is 15.0. The van der Waals surface area contributed by atoms with Crippen LogP contribution in [-0.4, -0.2) is 94.1 Å². The molecule has 3 saturated heterocycles. The maximum absolute atomic E-state index is 12.7. The quantitative estimate of drug-likeness (QED) is 0.367. The summed E-state index contributed by atoms with van der Waals surface area (Å²) in [5.74, 6) is 2.52. The maximum atomic E-state index is 12.7. The van der Waals surface area contributed by atoms with Crippen molar-refractivity contribution in [2.24, 2.45) is 0 Å². The minimum absolute atomic E-state index is 0.0845. The Morgan fingerprint density at radius 2 is 2.07 bits per heavy atom. The molecule has 2 unspecified atom stereocenters. The van der Waals surface area contributed by atoms with E-state index in [1.165, 1.54) is 16.2 Å². The van der Waals surface area contributed by atoms with Crippen molar-refractivity contribution in [1.29, 1.82) is 5.26 Å². The van der Waals surface area contributed by atoms with Crippen LogP contribution in [0.15, 0.2) is 18.3 Å². The molecular weight excluding hydrogens is 611 g/mol. The molecular formula is C30H37N11O2S2. The standard InChI is InChI=1S/C30H37N11O2S2/c1-4-40(17(2)19-6-5-9-34-24(19)32)28-35-27(39-15-30(16-39)23-20(12-31)25(33)45-22(23)14-44-30)36-29(37-28)43-13-18-7-8-21-26(42)38(3)10-11-41(18)21/h5-6,9,17-18,21H,4,7-8,10-11,13-16,33H2,1-3H3,(H2,32,34)/t17-,18?,21?/m1/s1. The molecule has 4 aliphatic rings. The van der Waals surface area contributed by atoms with Gasteiger partial charge in [-0.2, -0.15) is 20.2 Å². The number of likely N-dealkylation sites (N-methyl/N-ethyl adjacent to an activating group) is 1. The van der Waals surface area contributed by atoms with Crippen LogP contribution in [0.4, 0.5) is 22.7 Å². The predicted octanol–water partition coefficient (Wildman–Crippen LogP) is 2.60. The summed E-state index contributed by atoms with van der Waals surface area (Å²) in [6.45, 7) is 7.97. The van der Waals surface area contributed by atoms with E-state index < -0.39 is 0 Å². The number of ether oxygens (including phenoxy) is 1. The van der Waals surface area contributed by atoms with Crippen molar-refractivity contribution in [1.82, 2.24) is 29.7 Å². The zero-order valence-corrected chi connectivity index (χ0v) is 27.3. The molecule has 3 atom stereocenters. The van der Waals surface area contributed by atoms with Crippen molar-refractivity contribution in [3.8, 4) is 12.1 Å². The van der Waals surface area contributed by atoms with Crippen molar-refractivity contribution < 1.29 is 9.53 Å². The molecule has 7 rings (SSSR count). The highest BCUT2D eigenvalue weighted by Gasteiger charge is 2.53. The second kappa shape index (κ2) is 11.5. The fourth-order valence-electron chi connectivity index (χ4n) is 7.16. The molecule has 4 aliphatic heterocycles. The second-order valence-electron chi connectivity index (χ2n) is 12.1. The number of thiophene rings is 1. The molecule has 0 aliphatic carbocycles. The first-order chi connectivity index (χ1) is 21.7. The van der Waals surface area contributed by atoms with E-state index in [4.69, 9.17) is 31.2 Å². The number of hydrogen-bond donors (Lipinski definition) is 2. The molecule has 3 aromatic rings. The van der Waals surface area contributed by atoms with Crippen molar-refractivity contribution >= 4 is 51.7 Å². The summed E-state index contributed by atoms with van der Waals surface area (Å²) >= 11 is 3.38. The molecule has 7 heterocycles. The van der Waals surface area contributed by atoms with Crippen LogP contribution in [0.3, 0.4) is 0 Å². The Labute approximate surface area is 270 Å². The van der Waals surface area contributed by atoms with E-state index in [1.54, 1.807) is 6.20 Å². The van der Waals surface area contributed by atoms with Gasteiger partial charge < -0.3 is 30.9 Å². The summed E-state index contributed by atoms with van der Waals surface area (Å²) in [5, 5.41) is 10.4. The van der Waals surface area contributed by atoms with Gasteiger partial charge in [-0.15, -0.1) is 23.1 Å². The van der Waals surface area contributed by atoms with Gasteiger partial charge in [0.15, 0.2) is 0 Å². The van der Waals surface area contributed by atoms with E-state index in [2.05, 4.69) is 39.6 Å². The number of fused-ring (bicyclic) bond motifs is 3. The van der Waals surface area contributed by atoms with Crippen LogP contribution in [0.2, 0.25) is 0 Å². The SMILES string of the molecule is CCN(c1nc(OCC2CCC3C(=O)N(C)CCN23)nc(N2CC3(C2)SCc2sc(N)c(C#N)c23)n1)[C@H](C)c1cccnc1N. The number of carbonyl (C=O) groups is 1. The van der Waals surface area contributed by atoms with E-state index in [1.807, 2.05) is 35.8 Å². The monoisotopic (exact) mass is 647 g/mol. The fraction of sp³-hybridized carbons (Fsp3) is 0.533. The van der Waals surface area contributed by atoms with Crippen molar-refractivity contribution in [3.05, 3.63) is 39.9 Å². The lowest BCUT2D eigenvalue weighted by Gasteiger charge is -2.47. The van der Waals surface area contributed by atoms with E-state index in [0.29, 0.717) is 61.1 Å². The Hall–Kier alpha value is -3.87. The molecule has 1 spiro atoms. The molecule has 15 heteroatoms. The highest BCUT2D eigenvalue weighted by molar-refractivity contribution is 8.00. The van der Waals surface area contributed by atoms with Crippen molar-refractivity contribution in [2.75, 3.05) is 67.6 Å². The lowest BCUT2D eigenvalue weighted by atomic mass is 9.88. The first-order valence-corrected chi connectivity index (χ1v) is 17.1. The van der Waals surface area contributed by atoms with Crippen LogP contribution in [0.1, 0.15) is 54.3 Å². The van der Waals surface area contributed by atoms with Crippen molar-refractivity contribution in [2.45, 2.75) is 55.3 Å². The van der Waals surface area contributed by atoms with Gasteiger partial charge >= 0.3 is 6.01 Å². The van der Waals surface area contributed by atoms with Gasteiger partial charge in [0.05, 0.1) is 22.4 Å². The number of pyridine rings is 1. The molecule has 0 aromatic carbocycles. The smallest absolute Gasteiger partial charge is 0.323 e. The Kier molecular flexibility index (Phi) is 7.61. The normalized spacial score (nSPS) is 22.6. The van der Waals surface area contributed by atoms with Crippen molar-refractivity contribution in [3.63, 3.8) is 0 Å². The van der Waals surface area contributed by atoms with Crippen LogP contribution in [0.25, 0.3) is 0 Å². The average Bonchev–Trinajstić information content (AvgIpc) is 3.69. The number of nitrogen functional groups attached to an aromatic ring is 2. The molecule has 0 bridgehead atoms. The number of amides is 1. The van der Waals surface area contributed by atoms with Gasteiger partial charge in [-0.3, -0.25) is 9.69 Å². The highest BCUT2D eigenvalue weighted by atomic mass is 32.2. The van der Waals surface area contributed by atoms with E-state index >= 15 is 0 Å². The fourth-order valence-corrected chi connectivity index (χ4v) is 9.97. The number of anilines is 4. The lowest BCUT2D eigenvalue weighted by Crippen LogP contribution is -2.57. The van der Waals surface area contributed by atoms with Gasteiger partial charge in [0.25, 0.3) is 0 Å². The Balaban J connectivity index is 1.17. The largest absolute Gasteiger partial charge is 0.462 e. The minimum Gasteiger partial charge on any atom is -0.462 e. The number of piperazine rings is 1. The number of carbonyl (C=O) groups excluding carboxylic acids is 1. The van der Waals surface area contributed by atoms with E-state index in [0.717, 1.165) is 36.3 Å². The number of hydrogen-bond acceptors (Lipinski definition) is 14. The number of nitriles is 1. The molecule has 4 N–H and O–H groups in total. The lowest BCUT2D eigenvalue weighted by molar-refractivity contribution is -0.139. The maximum Gasteiger partial charge on any atom is 0.323 e. The topological polar surface area (TPSA) is 167 Å². The minimum atomic E-state index is -0.211. The number of thioether (sulfide) groups is 1.